The normalized spacial score (nSPS) is 14.7. The van der Waals surface area contributed by atoms with Crippen molar-refractivity contribution in [3.05, 3.63) is 48.5 Å². The smallest absolute Gasteiger partial charge is 0.298 e. The quantitative estimate of drug-likeness (QED) is 0.619. The average molecular weight is 395 g/mol. The van der Waals surface area contributed by atoms with E-state index in [0.717, 1.165) is 48.5 Å². The van der Waals surface area contributed by atoms with Crippen LogP contribution in [0.5, 0.6) is 11.5 Å². The number of carbonyl (C=O) groups excluding carboxylic acids is 1. The predicted octanol–water partition coefficient (Wildman–Crippen LogP) is 3.25. The number of piperidine rings is 1. The van der Waals surface area contributed by atoms with Crippen molar-refractivity contribution in [1.82, 2.24) is 10.3 Å². The van der Waals surface area contributed by atoms with E-state index in [2.05, 4.69) is 15.2 Å². The van der Waals surface area contributed by atoms with E-state index in [1.165, 1.54) is 0 Å². The summed E-state index contributed by atoms with van der Waals surface area (Å²) in [5, 5.41) is 2.97. The first-order valence-corrected chi connectivity index (χ1v) is 9.88. The maximum Gasteiger partial charge on any atom is 0.298 e. The lowest BCUT2D eigenvalue weighted by molar-refractivity contribution is -0.125. The molecule has 29 heavy (non-hydrogen) atoms. The molecule has 0 bridgehead atoms. The van der Waals surface area contributed by atoms with Crippen LogP contribution in [0.4, 0.5) is 6.01 Å². The predicted molar refractivity (Wildman–Crippen MR) is 110 cm³/mol. The number of amides is 1. The number of hydrogen-bond acceptors (Lipinski definition) is 6. The number of hydrogen-bond donors (Lipinski definition) is 1. The summed E-state index contributed by atoms with van der Waals surface area (Å²) in [6.45, 7) is 2.40. The van der Waals surface area contributed by atoms with Gasteiger partial charge in [0, 0.05) is 25.1 Å². The van der Waals surface area contributed by atoms with Crippen LogP contribution in [0.25, 0.3) is 11.1 Å². The largest absolute Gasteiger partial charge is 0.497 e. The molecule has 1 saturated heterocycles. The molecule has 1 aliphatic heterocycles. The molecule has 1 aliphatic rings. The molecular weight excluding hydrogens is 370 g/mol. The van der Waals surface area contributed by atoms with E-state index in [4.69, 9.17) is 13.9 Å². The lowest BCUT2D eigenvalue weighted by Gasteiger charge is -2.30. The van der Waals surface area contributed by atoms with Crippen LogP contribution in [0, 0.1) is 5.92 Å². The number of para-hydroxylation sites is 2. The molecule has 7 nitrogen and oxygen atoms in total. The number of rotatable bonds is 7. The molecule has 4 rings (SSSR count). The van der Waals surface area contributed by atoms with E-state index in [1.807, 2.05) is 48.5 Å². The van der Waals surface area contributed by atoms with Crippen LogP contribution in [-0.4, -0.2) is 44.2 Å². The number of oxazole rings is 1. The van der Waals surface area contributed by atoms with Gasteiger partial charge in [0.1, 0.15) is 23.6 Å². The number of nitrogens with zero attached hydrogens (tertiary/aromatic N) is 2. The van der Waals surface area contributed by atoms with Gasteiger partial charge in [0.25, 0.3) is 6.01 Å². The van der Waals surface area contributed by atoms with E-state index >= 15 is 0 Å². The van der Waals surface area contributed by atoms with Crippen LogP contribution in [0.2, 0.25) is 0 Å². The second-order valence-electron chi connectivity index (χ2n) is 7.04. The van der Waals surface area contributed by atoms with Crippen molar-refractivity contribution in [2.24, 2.45) is 5.92 Å². The van der Waals surface area contributed by atoms with Gasteiger partial charge in [0.2, 0.25) is 5.91 Å². The summed E-state index contributed by atoms with van der Waals surface area (Å²) in [7, 11) is 1.62. The maximum atomic E-state index is 12.4. The molecule has 2 heterocycles. The summed E-state index contributed by atoms with van der Waals surface area (Å²) in [4.78, 5) is 19.1. The fourth-order valence-electron chi connectivity index (χ4n) is 3.51. The minimum Gasteiger partial charge on any atom is -0.497 e. The van der Waals surface area contributed by atoms with Crippen LogP contribution < -0.4 is 19.7 Å². The third kappa shape index (κ3) is 4.62. The summed E-state index contributed by atoms with van der Waals surface area (Å²) < 4.78 is 16.7. The number of ether oxygens (including phenoxy) is 2. The summed E-state index contributed by atoms with van der Waals surface area (Å²) in [5.41, 5.74) is 1.65. The van der Waals surface area contributed by atoms with Crippen molar-refractivity contribution < 1.29 is 18.7 Å². The zero-order valence-electron chi connectivity index (χ0n) is 16.5. The molecule has 0 radical (unpaired) electrons. The Labute approximate surface area is 169 Å². The van der Waals surface area contributed by atoms with Gasteiger partial charge in [-0.25, -0.2) is 0 Å². The molecule has 3 aromatic rings. The summed E-state index contributed by atoms with van der Waals surface area (Å²) >= 11 is 0. The van der Waals surface area contributed by atoms with E-state index in [9.17, 15) is 4.79 Å². The first kappa shape index (κ1) is 19.1. The van der Waals surface area contributed by atoms with Crippen molar-refractivity contribution >= 4 is 23.0 Å². The number of anilines is 1. The molecule has 0 aliphatic carbocycles. The zero-order chi connectivity index (χ0) is 20.1. The Balaban J connectivity index is 1.20. The van der Waals surface area contributed by atoms with Crippen molar-refractivity contribution in [3.63, 3.8) is 0 Å². The number of nitrogens with one attached hydrogen (secondary N) is 1. The maximum absolute atomic E-state index is 12.4. The number of methoxy groups -OCH3 is 1. The van der Waals surface area contributed by atoms with Gasteiger partial charge in [0.15, 0.2) is 5.58 Å². The van der Waals surface area contributed by atoms with Gasteiger partial charge < -0.3 is 24.1 Å². The van der Waals surface area contributed by atoms with Gasteiger partial charge in [-0.05, 0) is 37.1 Å². The zero-order valence-corrected chi connectivity index (χ0v) is 16.5. The van der Waals surface area contributed by atoms with Crippen LogP contribution in [0.3, 0.4) is 0 Å². The number of fused-ring (bicyclic) bond motifs is 1. The fraction of sp³-hybridized carbons (Fsp3) is 0.364. The van der Waals surface area contributed by atoms with E-state index < -0.39 is 0 Å². The SMILES string of the molecule is COc1cccc(OCCNC(=O)C2CCN(c3nc4ccccc4o3)CC2)c1. The Morgan fingerprint density at radius 3 is 2.76 bits per heavy atom. The molecule has 0 atom stereocenters. The highest BCUT2D eigenvalue weighted by Crippen LogP contribution is 2.26. The van der Waals surface area contributed by atoms with E-state index in [0.29, 0.717) is 19.2 Å². The van der Waals surface area contributed by atoms with Gasteiger partial charge in [-0.1, -0.05) is 18.2 Å². The van der Waals surface area contributed by atoms with Gasteiger partial charge in [0.05, 0.1) is 13.7 Å². The molecule has 2 aromatic carbocycles. The van der Waals surface area contributed by atoms with Crippen molar-refractivity contribution in [2.75, 3.05) is 38.3 Å². The number of aromatic nitrogens is 1. The van der Waals surface area contributed by atoms with Crippen molar-refractivity contribution in [3.8, 4) is 11.5 Å². The molecule has 1 amide bonds. The highest BCUT2D eigenvalue weighted by atomic mass is 16.5. The van der Waals surface area contributed by atoms with Crippen molar-refractivity contribution in [2.45, 2.75) is 12.8 Å². The first-order chi connectivity index (χ1) is 14.2. The van der Waals surface area contributed by atoms with Crippen molar-refractivity contribution in [1.29, 1.82) is 0 Å². The molecule has 0 saturated carbocycles. The fourth-order valence-corrected chi connectivity index (χ4v) is 3.51. The van der Waals surface area contributed by atoms with Crippen LogP contribution >= 0.6 is 0 Å². The molecule has 7 heteroatoms. The van der Waals surface area contributed by atoms with Gasteiger partial charge >= 0.3 is 0 Å². The van der Waals surface area contributed by atoms with Crippen LogP contribution in [-0.2, 0) is 4.79 Å². The number of carbonyl (C=O) groups is 1. The summed E-state index contributed by atoms with van der Waals surface area (Å²) in [6.07, 6.45) is 1.56. The van der Waals surface area contributed by atoms with Crippen LogP contribution in [0.1, 0.15) is 12.8 Å². The summed E-state index contributed by atoms with van der Waals surface area (Å²) in [5.74, 6) is 1.56. The monoisotopic (exact) mass is 395 g/mol. The van der Waals surface area contributed by atoms with Gasteiger partial charge in [-0.2, -0.15) is 4.98 Å². The highest BCUT2D eigenvalue weighted by molar-refractivity contribution is 5.79. The second kappa shape index (κ2) is 8.86. The van der Waals surface area contributed by atoms with Gasteiger partial charge in [-0.3, -0.25) is 4.79 Å². The van der Waals surface area contributed by atoms with E-state index in [-0.39, 0.29) is 11.8 Å². The highest BCUT2D eigenvalue weighted by Gasteiger charge is 2.27. The summed E-state index contributed by atoms with van der Waals surface area (Å²) in [6, 6.07) is 15.8. The molecule has 0 unspecified atom stereocenters. The first-order valence-electron chi connectivity index (χ1n) is 9.88. The Bertz CT molecular complexity index is 930. The minimum absolute atomic E-state index is 0.00690. The van der Waals surface area contributed by atoms with Gasteiger partial charge in [-0.15, -0.1) is 0 Å². The molecular formula is C22H25N3O4. The Morgan fingerprint density at radius 2 is 1.97 bits per heavy atom. The Morgan fingerprint density at radius 1 is 1.17 bits per heavy atom. The standard InChI is InChI=1S/C22H25N3O4/c1-27-17-5-4-6-18(15-17)28-14-11-23-21(26)16-9-12-25(13-10-16)22-24-19-7-2-3-8-20(19)29-22/h2-8,15-16H,9-14H2,1H3,(H,23,26). The molecule has 1 N–H and O–H groups in total. The second-order valence-corrected chi connectivity index (χ2v) is 7.04. The average Bonchev–Trinajstić information content (AvgIpc) is 3.21. The topological polar surface area (TPSA) is 76.8 Å². The van der Waals surface area contributed by atoms with Crippen LogP contribution in [0.15, 0.2) is 52.9 Å². The number of benzene rings is 2. The molecule has 0 spiro atoms. The molecule has 152 valence electrons. The Hall–Kier alpha value is -3.22. The lowest BCUT2D eigenvalue weighted by Crippen LogP contribution is -2.41. The van der Waals surface area contributed by atoms with E-state index in [1.54, 1.807) is 7.11 Å². The molecule has 1 aromatic heterocycles. The lowest BCUT2D eigenvalue weighted by atomic mass is 9.96. The Kier molecular flexibility index (Phi) is 5.84. The third-order valence-corrected chi connectivity index (χ3v) is 5.13. The third-order valence-electron chi connectivity index (χ3n) is 5.13. The molecule has 1 fully saturated rings. The minimum atomic E-state index is 0.00690.